The third-order valence-corrected chi connectivity index (χ3v) is 5.85. The Kier molecular flexibility index (Phi) is 6.94. The van der Waals surface area contributed by atoms with E-state index in [1.165, 1.54) is 48.5 Å². The SMILES string of the molecule is CC(Oc1ccc(F)cc1)C(=O)Nc1ccc(S(=O)(=O)NC2=CCCCCN2)cc1. The molecule has 1 unspecified atom stereocenters. The Bertz CT molecular complexity index is 1010. The predicted molar refractivity (Wildman–Crippen MR) is 112 cm³/mol. The Morgan fingerprint density at radius 2 is 1.80 bits per heavy atom. The molecule has 3 N–H and O–H groups in total. The van der Waals surface area contributed by atoms with Gasteiger partial charge in [0.05, 0.1) is 4.90 Å². The van der Waals surface area contributed by atoms with Crippen molar-refractivity contribution in [3.63, 3.8) is 0 Å². The molecule has 0 aliphatic carbocycles. The summed E-state index contributed by atoms with van der Waals surface area (Å²) < 4.78 is 46.1. The van der Waals surface area contributed by atoms with Gasteiger partial charge < -0.3 is 15.4 Å². The van der Waals surface area contributed by atoms with Gasteiger partial charge >= 0.3 is 0 Å². The summed E-state index contributed by atoms with van der Waals surface area (Å²) in [6.07, 6.45) is 3.82. The Morgan fingerprint density at radius 3 is 2.50 bits per heavy atom. The number of carbonyl (C=O) groups is 1. The quantitative estimate of drug-likeness (QED) is 0.624. The minimum Gasteiger partial charge on any atom is -0.481 e. The minimum atomic E-state index is -3.73. The summed E-state index contributed by atoms with van der Waals surface area (Å²) in [6.45, 7) is 2.28. The number of ether oxygens (including phenoxy) is 1. The maximum Gasteiger partial charge on any atom is 0.265 e. The van der Waals surface area contributed by atoms with Crippen molar-refractivity contribution in [2.24, 2.45) is 0 Å². The van der Waals surface area contributed by atoms with E-state index in [2.05, 4.69) is 15.4 Å². The van der Waals surface area contributed by atoms with Crippen LogP contribution in [0.4, 0.5) is 10.1 Å². The maximum absolute atomic E-state index is 12.9. The lowest BCUT2D eigenvalue weighted by atomic mass is 10.2. The first-order chi connectivity index (χ1) is 14.3. The lowest BCUT2D eigenvalue weighted by Gasteiger charge is -2.15. The molecule has 160 valence electrons. The lowest BCUT2D eigenvalue weighted by molar-refractivity contribution is -0.122. The second kappa shape index (κ2) is 9.62. The standard InChI is InChI=1S/C21H24FN3O4S/c1-15(29-18-10-6-16(22)7-11-18)21(26)24-17-8-12-19(13-9-17)30(27,28)25-20-5-3-2-4-14-23-20/h5-13,15,23,25H,2-4,14H2,1H3,(H,24,26). The van der Waals surface area contributed by atoms with Crippen LogP contribution in [0.2, 0.25) is 0 Å². The summed E-state index contributed by atoms with van der Waals surface area (Å²) in [5.74, 6) is 0.0422. The fraction of sp³-hybridized carbons (Fsp3) is 0.286. The van der Waals surface area contributed by atoms with Gasteiger partial charge in [-0.1, -0.05) is 0 Å². The molecule has 1 aliphatic rings. The molecule has 1 atom stereocenters. The van der Waals surface area contributed by atoms with Gasteiger partial charge in [-0.05, 0) is 80.8 Å². The van der Waals surface area contributed by atoms with Gasteiger partial charge in [-0.2, -0.15) is 0 Å². The smallest absolute Gasteiger partial charge is 0.265 e. The van der Waals surface area contributed by atoms with Crippen LogP contribution in [-0.2, 0) is 14.8 Å². The number of hydrogen-bond donors (Lipinski definition) is 3. The molecule has 0 spiro atoms. The minimum absolute atomic E-state index is 0.0862. The van der Waals surface area contributed by atoms with E-state index in [0.29, 0.717) is 17.3 Å². The van der Waals surface area contributed by atoms with E-state index in [-0.39, 0.29) is 4.90 Å². The maximum atomic E-state index is 12.9. The molecular weight excluding hydrogens is 409 g/mol. The van der Waals surface area contributed by atoms with Crippen LogP contribution in [0, 0.1) is 5.82 Å². The van der Waals surface area contributed by atoms with Crippen molar-refractivity contribution in [3.05, 3.63) is 66.2 Å². The molecule has 9 heteroatoms. The fourth-order valence-electron chi connectivity index (χ4n) is 2.82. The van der Waals surface area contributed by atoms with Gasteiger partial charge in [0.25, 0.3) is 15.9 Å². The second-order valence-electron chi connectivity index (χ2n) is 6.87. The van der Waals surface area contributed by atoms with Crippen molar-refractivity contribution >= 4 is 21.6 Å². The molecule has 7 nitrogen and oxygen atoms in total. The van der Waals surface area contributed by atoms with Crippen LogP contribution in [0.15, 0.2) is 65.3 Å². The first kappa shape index (κ1) is 21.6. The summed E-state index contributed by atoms with van der Waals surface area (Å²) in [7, 11) is -3.73. The summed E-state index contributed by atoms with van der Waals surface area (Å²) >= 11 is 0. The highest BCUT2D eigenvalue weighted by Gasteiger charge is 2.18. The molecule has 0 radical (unpaired) electrons. The summed E-state index contributed by atoms with van der Waals surface area (Å²) in [5.41, 5.74) is 0.431. The van der Waals surface area contributed by atoms with Crippen LogP contribution >= 0.6 is 0 Å². The third-order valence-electron chi connectivity index (χ3n) is 4.47. The number of anilines is 1. The van der Waals surface area contributed by atoms with Crippen LogP contribution in [0.3, 0.4) is 0 Å². The van der Waals surface area contributed by atoms with Gasteiger partial charge in [-0.25, -0.2) is 12.8 Å². The molecule has 30 heavy (non-hydrogen) atoms. The van der Waals surface area contributed by atoms with Gasteiger partial charge in [0, 0.05) is 12.2 Å². The van der Waals surface area contributed by atoms with Gasteiger partial charge in [-0.15, -0.1) is 0 Å². The molecule has 0 saturated heterocycles. The Hall–Kier alpha value is -3.07. The van der Waals surface area contributed by atoms with Crippen molar-refractivity contribution in [1.29, 1.82) is 0 Å². The number of nitrogens with one attached hydrogen (secondary N) is 3. The van der Waals surface area contributed by atoms with Crippen molar-refractivity contribution in [3.8, 4) is 5.75 Å². The molecule has 1 aliphatic heterocycles. The summed E-state index contributed by atoms with van der Waals surface area (Å²) in [5, 5.41) is 5.72. The Balaban J connectivity index is 1.59. The summed E-state index contributed by atoms with van der Waals surface area (Å²) in [4.78, 5) is 12.4. The molecule has 2 aromatic carbocycles. The highest BCUT2D eigenvalue weighted by atomic mass is 32.2. The highest BCUT2D eigenvalue weighted by Crippen LogP contribution is 2.17. The van der Waals surface area contributed by atoms with Crippen LogP contribution in [0.25, 0.3) is 0 Å². The number of sulfonamides is 1. The zero-order valence-corrected chi connectivity index (χ0v) is 17.3. The highest BCUT2D eigenvalue weighted by molar-refractivity contribution is 7.89. The number of amides is 1. The summed E-state index contributed by atoms with van der Waals surface area (Å²) in [6, 6.07) is 11.2. The number of benzene rings is 2. The number of rotatable bonds is 7. The number of allylic oxidation sites excluding steroid dienone is 1. The average molecular weight is 434 g/mol. The number of carbonyl (C=O) groups excluding carboxylic acids is 1. The van der Waals surface area contributed by atoms with Crippen LogP contribution in [0.1, 0.15) is 26.2 Å². The van der Waals surface area contributed by atoms with E-state index in [1.54, 1.807) is 6.92 Å². The molecule has 3 rings (SSSR count). The van der Waals surface area contributed by atoms with Crippen LogP contribution < -0.4 is 20.1 Å². The Labute approximate surface area is 175 Å². The van der Waals surface area contributed by atoms with Gasteiger partial charge in [0.15, 0.2) is 6.10 Å². The molecule has 0 bridgehead atoms. The van der Waals surface area contributed by atoms with Gasteiger partial charge in [-0.3, -0.25) is 9.52 Å². The van der Waals surface area contributed by atoms with Crippen LogP contribution in [0.5, 0.6) is 5.75 Å². The van der Waals surface area contributed by atoms with Gasteiger partial charge in [0.1, 0.15) is 17.4 Å². The molecule has 0 aromatic heterocycles. The molecule has 2 aromatic rings. The first-order valence-corrected chi connectivity index (χ1v) is 11.1. The lowest BCUT2D eigenvalue weighted by Crippen LogP contribution is -2.31. The van der Waals surface area contributed by atoms with E-state index in [9.17, 15) is 17.6 Å². The fourth-order valence-corrected chi connectivity index (χ4v) is 3.88. The zero-order chi connectivity index (χ0) is 21.6. The molecule has 1 heterocycles. The third kappa shape index (κ3) is 5.96. The van der Waals surface area contributed by atoms with Crippen molar-refractivity contribution in [2.45, 2.75) is 37.2 Å². The predicted octanol–water partition coefficient (Wildman–Crippen LogP) is 3.12. The van der Waals surface area contributed by atoms with Gasteiger partial charge in [0.2, 0.25) is 0 Å². The van der Waals surface area contributed by atoms with E-state index in [1.807, 2.05) is 6.08 Å². The van der Waals surface area contributed by atoms with Crippen LogP contribution in [-0.4, -0.2) is 27.0 Å². The van der Waals surface area contributed by atoms with E-state index >= 15 is 0 Å². The second-order valence-corrected chi connectivity index (χ2v) is 8.56. The molecular formula is C21H24FN3O4S. The number of halogens is 1. The average Bonchev–Trinajstić information content (AvgIpc) is 2.98. The zero-order valence-electron chi connectivity index (χ0n) is 16.5. The largest absolute Gasteiger partial charge is 0.481 e. The van der Waals surface area contributed by atoms with E-state index < -0.39 is 27.9 Å². The topological polar surface area (TPSA) is 96.5 Å². The van der Waals surface area contributed by atoms with E-state index in [4.69, 9.17) is 4.74 Å². The van der Waals surface area contributed by atoms with E-state index in [0.717, 1.165) is 25.8 Å². The van der Waals surface area contributed by atoms with Crippen molar-refractivity contribution in [1.82, 2.24) is 10.0 Å². The molecule has 0 fully saturated rings. The normalized spacial score (nSPS) is 15.2. The Morgan fingerprint density at radius 1 is 1.10 bits per heavy atom. The molecule has 1 amide bonds. The first-order valence-electron chi connectivity index (χ1n) is 9.63. The van der Waals surface area contributed by atoms with Crippen molar-refractivity contribution in [2.75, 3.05) is 11.9 Å². The monoisotopic (exact) mass is 433 g/mol. The molecule has 0 saturated carbocycles. The number of hydrogen-bond acceptors (Lipinski definition) is 5. The van der Waals surface area contributed by atoms with Crippen molar-refractivity contribution < 1.29 is 22.3 Å².